The van der Waals surface area contributed by atoms with Gasteiger partial charge in [-0.15, -0.1) is 0 Å². The van der Waals surface area contributed by atoms with Crippen molar-refractivity contribution >= 4 is 11.7 Å². The van der Waals surface area contributed by atoms with Gasteiger partial charge in [0.05, 0.1) is 13.7 Å². The number of benzene rings is 2. The molecule has 0 saturated carbocycles. The van der Waals surface area contributed by atoms with E-state index >= 15 is 0 Å². The van der Waals surface area contributed by atoms with Gasteiger partial charge in [0.2, 0.25) is 0 Å². The van der Waals surface area contributed by atoms with Crippen molar-refractivity contribution in [2.45, 2.75) is 26.3 Å². The molecule has 2 aromatic carbocycles. The molecule has 0 radical (unpaired) electrons. The van der Waals surface area contributed by atoms with E-state index in [0.29, 0.717) is 6.61 Å². The average Bonchev–Trinajstić information content (AvgIpc) is 2.57. The van der Waals surface area contributed by atoms with E-state index in [4.69, 9.17) is 9.47 Å². The van der Waals surface area contributed by atoms with Crippen LogP contribution in [0.1, 0.15) is 19.4 Å². The Kier molecular flexibility index (Phi) is 6.49. The average molecular weight is 328 g/mol. The maximum Gasteiger partial charge on any atom is 0.319 e. The molecule has 0 aliphatic rings. The van der Waals surface area contributed by atoms with Gasteiger partial charge in [0, 0.05) is 11.7 Å². The van der Waals surface area contributed by atoms with E-state index in [1.807, 2.05) is 62.4 Å². The van der Waals surface area contributed by atoms with Crippen molar-refractivity contribution in [3.63, 3.8) is 0 Å². The summed E-state index contributed by atoms with van der Waals surface area (Å²) in [6.45, 7) is 4.52. The number of ether oxygens (including phenoxy) is 2. The zero-order valence-electron chi connectivity index (χ0n) is 14.3. The smallest absolute Gasteiger partial charge is 0.319 e. The highest BCUT2D eigenvalue weighted by Crippen LogP contribution is 2.16. The number of urea groups is 1. The van der Waals surface area contributed by atoms with Crippen molar-refractivity contribution in [1.29, 1.82) is 0 Å². The molecule has 0 saturated heterocycles. The number of rotatable bonds is 7. The number of anilines is 1. The molecular weight excluding hydrogens is 304 g/mol. The van der Waals surface area contributed by atoms with Crippen molar-refractivity contribution in [2.75, 3.05) is 19.0 Å². The van der Waals surface area contributed by atoms with Crippen molar-refractivity contribution in [3.05, 3.63) is 54.1 Å². The second-order valence-corrected chi connectivity index (χ2v) is 5.51. The lowest BCUT2D eigenvalue weighted by Crippen LogP contribution is -2.37. The fraction of sp³-hybridized carbons (Fsp3) is 0.316. The second-order valence-electron chi connectivity index (χ2n) is 5.51. The van der Waals surface area contributed by atoms with Crippen molar-refractivity contribution in [1.82, 2.24) is 5.32 Å². The minimum absolute atomic E-state index is 0.000181. The van der Waals surface area contributed by atoms with E-state index < -0.39 is 0 Å². The Hall–Kier alpha value is -2.69. The van der Waals surface area contributed by atoms with Gasteiger partial charge in [-0.3, -0.25) is 0 Å². The lowest BCUT2D eigenvalue weighted by Gasteiger charge is -2.15. The first-order chi connectivity index (χ1) is 11.6. The molecule has 5 heteroatoms. The summed E-state index contributed by atoms with van der Waals surface area (Å²) < 4.78 is 10.6. The predicted octanol–water partition coefficient (Wildman–Crippen LogP) is 3.85. The normalized spacial score (nSPS) is 11.5. The van der Waals surface area contributed by atoms with Crippen molar-refractivity contribution in [2.24, 2.45) is 0 Å². The van der Waals surface area contributed by atoms with Gasteiger partial charge in [0.1, 0.15) is 11.5 Å². The van der Waals surface area contributed by atoms with Crippen LogP contribution in [0, 0.1) is 0 Å². The maximum absolute atomic E-state index is 12.1. The summed E-state index contributed by atoms with van der Waals surface area (Å²) in [6.07, 6.45) is 0.730. The van der Waals surface area contributed by atoms with E-state index in [-0.39, 0.29) is 12.1 Å². The van der Waals surface area contributed by atoms with Crippen LogP contribution >= 0.6 is 0 Å². The SMILES string of the molecule is CCOc1ccc(NC(=O)NC(C)Cc2cccc(OC)c2)cc1. The van der Waals surface area contributed by atoms with Gasteiger partial charge in [-0.05, 0) is 62.2 Å². The third-order valence-corrected chi connectivity index (χ3v) is 3.48. The highest BCUT2D eigenvalue weighted by atomic mass is 16.5. The molecule has 2 aromatic rings. The molecule has 24 heavy (non-hydrogen) atoms. The Morgan fingerprint density at radius 1 is 1.12 bits per heavy atom. The van der Waals surface area contributed by atoms with Gasteiger partial charge in [-0.2, -0.15) is 0 Å². The van der Waals surface area contributed by atoms with Crippen LogP contribution in [0.15, 0.2) is 48.5 Å². The molecule has 1 atom stereocenters. The van der Waals surface area contributed by atoms with Crippen molar-refractivity contribution in [3.8, 4) is 11.5 Å². The number of methoxy groups -OCH3 is 1. The monoisotopic (exact) mass is 328 g/mol. The quantitative estimate of drug-likeness (QED) is 0.812. The summed E-state index contributed by atoms with van der Waals surface area (Å²) in [5.74, 6) is 1.60. The highest BCUT2D eigenvalue weighted by Gasteiger charge is 2.09. The lowest BCUT2D eigenvalue weighted by atomic mass is 10.1. The molecule has 0 aliphatic carbocycles. The van der Waals surface area contributed by atoms with E-state index in [2.05, 4.69) is 10.6 Å². The highest BCUT2D eigenvalue weighted by molar-refractivity contribution is 5.89. The minimum Gasteiger partial charge on any atom is -0.497 e. The van der Waals surface area contributed by atoms with E-state index in [1.165, 1.54) is 0 Å². The molecule has 2 rings (SSSR count). The second kappa shape index (κ2) is 8.82. The van der Waals surface area contributed by atoms with E-state index in [1.54, 1.807) is 7.11 Å². The summed E-state index contributed by atoms with van der Waals surface area (Å²) >= 11 is 0. The third kappa shape index (κ3) is 5.50. The summed E-state index contributed by atoms with van der Waals surface area (Å²) in [6, 6.07) is 14.9. The van der Waals surface area contributed by atoms with Gasteiger partial charge >= 0.3 is 6.03 Å². The molecule has 0 spiro atoms. The van der Waals surface area contributed by atoms with Gasteiger partial charge in [0.15, 0.2) is 0 Å². The van der Waals surface area contributed by atoms with Crippen LogP contribution in [0.25, 0.3) is 0 Å². The first-order valence-electron chi connectivity index (χ1n) is 8.04. The Morgan fingerprint density at radius 3 is 2.54 bits per heavy atom. The minimum atomic E-state index is -0.227. The molecule has 2 amide bonds. The van der Waals surface area contributed by atoms with Crippen molar-refractivity contribution < 1.29 is 14.3 Å². The molecule has 0 aromatic heterocycles. The first kappa shape index (κ1) is 17.7. The largest absolute Gasteiger partial charge is 0.497 e. The molecule has 2 N–H and O–H groups in total. The Morgan fingerprint density at radius 2 is 1.88 bits per heavy atom. The van der Waals surface area contributed by atoms with Crippen LogP contribution in [-0.2, 0) is 6.42 Å². The van der Waals surface area contributed by atoms with E-state index in [9.17, 15) is 4.79 Å². The molecule has 1 unspecified atom stereocenters. The zero-order chi connectivity index (χ0) is 17.4. The van der Waals surface area contributed by atoms with Gasteiger partial charge in [-0.25, -0.2) is 4.79 Å². The molecule has 0 heterocycles. The molecule has 0 bridgehead atoms. The fourth-order valence-corrected chi connectivity index (χ4v) is 2.40. The molecule has 0 fully saturated rings. The third-order valence-electron chi connectivity index (χ3n) is 3.48. The standard InChI is InChI=1S/C19H24N2O3/c1-4-24-17-10-8-16(9-11-17)21-19(22)20-14(2)12-15-6-5-7-18(13-15)23-3/h5-11,13-14H,4,12H2,1-3H3,(H2,20,21,22). The molecule has 0 aliphatic heterocycles. The Balaban J connectivity index is 1.84. The van der Waals surface area contributed by atoms with Gasteiger partial charge < -0.3 is 20.1 Å². The van der Waals surface area contributed by atoms with Crippen LogP contribution in [0.2, 0.25) is 0 Å². The van der Waals surface area contributed by atoms with Crippen LogP contribution in [0.4, 0.5) is 10.5 Å². The topological polar surface area (TPSA) is 59.6 Å². The Bertz CT molecular complexity index is 656. The van der Waals surface area contributed by atoms with Gasteiger partial charge in [0.25, 0.3) is 0 Å². The zero-order valence-corrected chi connectivity index (χ0v) is 14.3. The number of carbonyl (C=O) groups excluding carboxylic acids is 1. The number of hydrogen-bond acceptors (Lipinski definition) is 3. The van der Waals surface area contributed by atoms with E-state index in [0.717, 1.165) is 29.2 Å². The summed E-state index contributed by atoms with van der Waals surface area (Å²) in [4.78, 5) is 12.1. The molecule has 128 valence electrons. The maximum atomic E-state index is 12.1. The molecule has 5 nitrogen and oxygen atoms in total. The molecular formula is C19H24N2O3. The Labute approximate surface area is 143 Å². The van der Waals surface area contributed by atoms with Crippen LogP contribution in [-0.4, -0.2) is 25.8 Å². The number of nitrogens with one attached hydrogen (secondary N) is 2. The number of amides is 2. The number of carbonyl (C=O) groups is 1. The summed E-state index contributed by atoms with van der Waals surface area (Å²) in [7, 11) is 1.64. The predicted molar refractivity (Wildman–Crippen MR) is 95.9 cm³/mol. The van der Waals surface area contributed by atoms with Crippen LogP contribution in [0.3, 0.4) is 0 Å². The van der Waals surface area contributed by atoms with Crippen LogP contribution in [0.5, 0.6) is 11.5 Å². The fourth-order valence-electron chi connectivity index (χ4n) is 2.40. The summed E-state index contributed by atoms with van der Waals surface area (Å²) in [5.41, 5.74) is 1.84. The number of hydrogen-bond donors (Lipinski definition) is 2. The van der Waals surface area contributed by atoms with Crippen LogP contribution < -0.4 is 20.1 Å². The lowest BCUT2D eigenvalue weighted by molar-refractivity contribution is 0.249. The first-order valence-corrected chi connectivity index (χ1v) is 8.04. The van der Waals surface area contributed by atoms with Gasteiger partial charge in [-0.1, -0.05) is 12.1 Å². The summed E-state index contributed by atoms with van der Waals surface area (Å²) in [5, 5.41) is 5.75.